The number of nitrogens with two attached hydrogens (primary N) is 1. The maximum Gasteiger partial charge on any atom is 0.414 e. The van der Waals surface area contributed by atoms with Crippen LogP contribution in [0.25, 0.3) is 5.69 Å². The quantitative estimate of drug-likeness (QED) is 0.767. The van der Waals surface area contributed by atoms with E-state index in [-0.39, 0.29) is 36.2 Å². The van der Waals surface area contributed by atoms with Gasteiger partial charge < -0.3 is 15.8 Å². The summed E-state index contributed by atoms with van der Waals surface area (Å²) in [7, 11) is 0. The summed E-state index contributed by atoms with van der Waals surface area (Å²) in [5.41, 5.74) is 5.39. The summed E-state index contributed by atoms with van der Waals surface area (Å²) in [5, 5.41) is 6.34. The lowest BCUT2D eigenvalue weighted by Gasteiger charge is -2.14. The average molecular weight is 362 g/mol. The Hall–Kier alpha value is -3.50. The van der Waals surface area contributed by atoms with Crippen molar-refractivity contribution in [2.24, 2.45) is 5.73 Å². The van der Waals surface area contributed by atoms with Gasteiger partial charge >= 0.3 is 6.09 Å². The van der Waals surface area contributed by atoms with E-state index in [0.29, 0.717) is 0 Å². The van der Waals surface area contributed by atoms with Crippen LogP contribution in [0, 0.1) is 5.82 Å². The number of nitrogens with one attached hydrogen (secondary N) is 1. The molecule has 1 atom stereocenters. The fourth-order valence-electron chi connectivity index (χ4n) is 2.44. The number of nitrogens with zero attached hydrogens (tertiary/aromatic N) is 4. The molecule has 26 heavy (non-hydrogen) atoms. The molecule has 1 fully saturated rings. The van der Waals surface area contributed by atoms with E-state index in [2.05, 4.69) is 15.4 Å². The Kier molecular flexibility index (Phi) is 4.52. The summed E-state index contributed by atoms with van der Waals surface area (Å²) in [6, 6.07) is 4.04. The maximum atomic E-state index is 14.4. The van der Waals surface area contributed by atoms with Gasteiger partial charge in [0.1, 0.15) is 18.1 Å². The molecule has 10 nitrogen and oxygen atoms in total. The van der Waals surface area contributed by atoms with Crippen LogP contribution < -0.4 is 16.0 Å². The highest BCUT2D eigenvalue weighted by molar-refractivity contribution is 5.90. The van der Waals surface area contributed by atoms with E-state index in [9.17, 15) is 18.8 Å². The highest BCUT2D eigenvalue weighted by Gasteiger charge is 2.32. The molecule has 1 aliphatic heterocycles. The lowest BCUT2D eigenvalue weighted by atomic mass is 10.2. The molecule has 1 aliphatic rings. The van der Waals surface area contributed by atoms with E-state index >= 15 is 0 Å². The van der Waals surface area contributed by atoms with Crippen molar-refractivity contribution in [2.75, 3.05) is 18.0 Å². The van der Waals surface area contributed by atoms with Gasteiger partial charge in [-0.1, -0.05) is 0 Å². The highest BCUT2D eigenvalue weighted by Crippen LogP contribution is 2.25. The molecule has 1 saturated heterocycles. The van der Waals surface area contributed by atoms with Crippen molar-refractivity contribution in [2.45, 2.75) is 13.0 Å². The summed E-state index contributed by atoms with van der Waals surface area (Å²) >= 11 is 0. The fourth-order valence-corrected chi connectivity index (χ4v) is 2.44. The van der Waals surface area contributed by atoms with Crippen molar-refractivity contribution in [1.29, 1.82) is 0 Å². The van der Waals surface area contributed by atoms with Gasteiger partial charge in [0.25, 0.3) is 5.91 Å². The SMILES string of the molecule is CC(=O)NC[C@H]1CN(c2ccc(-n3cnc(C(N)=O)n3)c(F)c2)C(=O)O1. The normalized spacial score (nSPS) is 16.5. The van der Waals surface area contributed by atoms with Crippen molar-refractivity contribution in [3.8, 4) is 5.69 Å². The third-order valence-corrected chi connectivity index (χ3v) is 3.65. The van der Waals surface area contributed by atoms with Gasteiger partial charge in [-0.3, -0.25) is 14.5 Å². The van der Waals surface area contributed by atoms with Crippen LogP contribution in [0.4, 0.5) is 14.9 Å². The minimum atomic E-state index is -0.828. The first-order chi connectivity index (χ1) is 12.3. The lowest BCUT2D eigenvalue weighted by molar-refractivity contribution is -0.119. The Morgan fingerprint density at radius 1 is 1.46 bits per heavy atom. The second-order valence-electron chi connectivity index (χ2n) is 5.57. The number of carbonyl (C=O) groups excluding carboxylic acids is 3. The second-order valence-corrected chi connectivity index (χ2v) is 5.57. The number of carbonyl (C=O) groups is 3. The first-order valence-electron chi connectivity index (χ1n) is 7.59. The van der Waals surface area contributed by atoms with Crippen molar-refractivity contribution in [3.63, 3.8) is 0 Å². The Labute approximate surface area is 146 Å². The summed E-state index contributed by atoms with van der Waals surface area (Å²) in [6.07, 6.45) is -0.00183. The average Bonchev–Trinajstić information content (AvgIpc) is 3.20. The number of amides is 3. The van der Waals surface area contributed by atoms with E-state index in [1.807, 2.05) is 0 Å². The molecule has 0 saturated carbocycles. The third-order valence-electron chi connectivity index (χ3n) is 3.65. The summed E-state index contributed by atoms with van der Waals surface area (Å²) < 4.78 is 20.6. The predicted molar refractivity (Wildman–Crippen MR) is 86.1 cm³/mol. The Morgan fingerprint density at radius 3 is 2.85 bits per heavy atom. The van der Waals surface area contributed by atoms with Crippen molar-refractivity contribution in [3.05, 3.63) is 36.2 Å². The summed E-state index contributed by atoms with van der Waals surface area (Å²) in [6.45, 7) is 1.70. The molecule has 136 valence electrons. The van der Waals surface area contributed by atoms with Crippen molar-refractivity contribution in [1.82, 2.24) is 20.1 Å². The Morgan fingerprint density at radius 2 is 2.23 bits per heavy atom. The van der Waals surface area contributed by atoms with Gasteiger partial charge in [0, 0.05) is 6.92 Å². The molecular formula is C15H15FN6O4. The lowest BCUT2D eigenvalue weighted by Crippen LogP contribution is -2.33. The molecule has 0 aliphatic carbocycles. The van der Waals surface area contributed by atoms with Crippen LogP contribution in [0.5, 0.6) is 0 Å². The number of benzene rings is 1. The number of rotatable bonds is 5. The van der Waals surface area contributed by atoms with Crippen LogP contribution in [-0.4, -0.2) is 51.9 Å². The Balaban J connectivity index is 1.77. The molecule has 0 bridgehead atoms. The number of primary amides is 1. The van der Waals surface area contributed by atoms with Gasteiger partial charge in [-0.25, -0.2) is 18.9 Å². The highest BCUT2D eigenvalue weighted by atomic mass is 19.1. The van der Waals surface area contributed by atoms with E-state index in [1.54, 1.807) is 0 Å². The van der Waals surface area contributed by atoms with Gasteiger partial charge in [0.2, 0.25) is 11.7 Å². The van der Waals surface area contributed by atoms with Crippen LogP contribution in [0.2, 0.25) is 0 Å². The van der Waals surface area contributed by atoms with E-state index < -0.39 is 23.9 Å². The number of hydrogen-bond donors (Lipinski definition) is 2. The summed E-state index contributed by atoms with van der Waals surface area (Å²) in [5.74, 6) is -1.98. The van der Waals surface area contributed by atoms with Crippen molar-refractivity contribution >= 4 is 23.6 Å². The molecule has 1 aromatic heterocycles. The number of anilines is 1. The van der Waals surface area contributed by atoms with Crippen LogP contribution in [0.1, 0.15) is 17.5 Å². The molecule has 0 spiro atoms. The zero-order valence-corrected chi connectivity index (χ0v) is 13.7. The first kappa shape index (κ1) is 17.3. The monoisotopic (exact) mass is 362 g/mol. The predicted octanol–water partition coefficient (Wildman–Crippen LogP) is -0.0334. The van der Waals surface area contributed by atoms with Crippen LogP contribution in [0.15, 0.2) is 24.5 Å². The molecule has 3 rings (SSSR count). The molecule has 1 aromatic carbocycles. The van der Waals surface area contributed by atoms with Gasteiger partial charge in [-0.2, -0.15) is 0 Å². The maximum absolute atomic E-state index is 14.4. The zero-order valence-electron chi connectivity index (χ0n) is 13.7. The number of ether oxygens (including phenoxy) is 1. The van der Waals surface area contributed by atoms with Crippen LogP contribution >= 0.6 is 0 Å². The second kappa shape index (κ2) is 6.78. The van der Waals surface area contributed by atoms with E-state index in [0.717, 1.165) is 17.1 Å². The zero-order chi connectivity index (χ0) is 18.8. The summed E-state index contributed by atoms with van der Waals surface area (Å²) in [4.78, 5) is 38.9. The number of halogens is 1. The fraction of sp³-hybridized carbons (Fsp3) is 0.267. The molecular weight excluding hydrogens is 347 g/mol. The molecule has 11 heteroatoms. The minimum absolute atomic E-state index is 0.0381. The molecule has 0 radical (unpaired) electrons. The Bertz CT molecular complexity index is 883. The molecule has 0 unspecified atom stereocenters. The topological polar surface area (TPSA) is 132 Å². The van der Waals surface area contributed by atoms with E-state index in [1.165, 1.54) is 24.0 Å². The first-order valence-corrected chi connectivity index (χ1v) is 7.59. The van der Waals surface area contributed by atoms with Crippen molar-refractivity contribution < 1.29 is 23.5 Å². The van der Waals surface area contributed by atoms with E-state index in [4.69, 9.17) is 10.5 Å². The van der Waals surface area contributed by atoms with Gasteiger partial charge in [-0.15, -0.1) is 5.10 Å². The molecule has 3 amide bonds. The standard InChI is InChI=1S/C15H15FN6O4/c1-8(23)18-5-10-6-21(15(25)26-10)9-2-3-12(11(16)4-9)22-7-19-14(20-22)13(17)24/h2-4,7,10H,5-6H2,1H3,(H2,17,24)(H,18,23)/t10-/m0/s1. The van der Waals surface area contributed by atoms with Crippen LogP contribution in [-0.2, 0) is 9.53 Å². The van der Waals surface area contributed by atoms with Gasteiger partial charge in [-0.05, 0) is 18.2 Å². The minimum Gasteiger partial charge on any atom is -0.442 e. The van der Waals surface area contributed by atoms with Gasteiger partial charge in [0.05, 0.1) is 18.8 Å². The number of hydrogen-bond acceptors (Lipinski definition) is 6. The number of cyclic esters (lactones) is 1. The smallest absolute Gasteiger partial charge is 0.414 e. The third kappa shape index (κ3) is 3.45. The van der Waals surface area contributed by atoms with Gasteiger partial charge in [0.15, 0.2) is 5.82 Å². The molecule has 2 aromatic rings. The largest absolute Gasteiger partial charge is 0.442 e. The molecule has 2 heterocycles. The number of aromatic nitrogens is 3. The van der Waals surface area contributed by atoms with Crippen LogP contribution in [0.3, 0.4) is 0 Å². The molecule has 3 N–H and O–H groups in total.